The van der Waals surface area contributed by atoms with E-state index in [4.69, 9.17) is 4.98 Å². The van der Waals surface area contributed by atoms with Gasteiger partial charge in [-0.3, -0.25) is 4.98 Å². The van der Waals surface area contributed by atoms with Gasteiger partial charge in [-0.15, -0.1) is 0 Å². The Kier molecular flexibility index (Phi) is 3.85. The molecule has 0 spiro atoms. The first kappa shape index (κ1) is 15.6. The predicted molar refractivity (Wildman–Crippen MR) is 107 cm³/mol. The molecular formula is C24H21N. The van der Waals surface area contributed by atoms with E-state index in [0.717, 1.165) is 11.4 Å². The lowest BCUT2D eigenvalue weighted by Crippen LogP contribution is -1.94. The summed E-state index contributed by atoms with van der Waals surface area (Å²) in [5.74, 6) is 0. The van der Waals surface area contributed by atoms with Gasteiger partial charge in [-0.25, -0.2) is 0 Å². The average molecular weight is 323 g/mol. The summed E-state index contributed by atoms with van der Waals surface area (Å²) in [4.78, 5) is 4.92. The van der Waals surface area contributed by atoms with E-state index in [1.807, 2.05) is 0 Å². The molecule has 0 aliphatic rings. The fourth-order valence-electron chi connectivity index (χ4n) is 3.52. The average Bonchev–Trinajstić information content (AvgIpc) is 2.65. The molecule has 0 fully saturated rings. The first-order valence-electron chi connectivity index (χ1n) is 8.67. The molecule has 4 aromatic rings. The van der Waals surface area contributed by atoms with Crippen LogP contribution in [0.1, 0.15) is 16.8 Å². The highest BCUT2D eigenvalue weighted by atomic mass is 14.7. The quantitative estimate of drug-likeness (QED) is 0.410. The molecule has 0 atom stereocenters. The number of hydrogen-bond donors (Lipinski definition) is 0. The van der Waals surface area contributed by atoms with E-state index >= 15 is 0 Å². The van der Waals surface area contributed by atoms with Crippen LogP contribution in [0.4, 0.5) is 0 Å². The zero-order chi connectivity index (χ0) is 17.4. The predicted octanol–water partition coefficient (Wildman–Crippen LogP) is 6.49. The van der Waals surface area contributed by atoms with Crippen molar-refractivity contribution >= 4 is 10.8 Å². The van der Waals surface area contributed by atoms with Crippen LogP contribution in [-0.2, 0) is 0 Å². The summed E-state index contributed by atoms with van der Waals surface area (Å²) in [7, 11) is 0. The SMILES string of the molecule is Cc1cccc(-c2cccc(-c3nc(C)c4ccccc4c3C)c2)c1. The molecule has 0 aliphatic heterocycles. The second-order valence-corrected chi connectivity index (χ2v) is 6.67. The van der Waals surface area contributed by atoms with Crippen molar-refractivity contribution in [2.24, 2.45) is 0 Å². The van der Waals surface area contributed by atoms with Crippen LogP contribution in [0.2, 0.25) is 0 Å². The zero-order valence-corrected chi connectivity index (χ0v) is 14.9. The molecule has 4 rings (SSSR count). The molecule has 1 aromatic heterocycles. The smallest absolute Gasteiger partial charge is 0.0740 e. The van der Waals surface area contributed by atoms with Crippen LogP contribution >= 0.6 is 0 Å². The Hall–Kier alpha value is -2.93. The maximum atomic E-state index is 4.92. The first-order valence-corrected chi connectivity index (χ1v) is 8.67. The monoisotopic (exact) mass is 323 g/mol. The van der Waals surface area contributed by atoms with Crippen LogP contribution in [0.3, 0.4) is 0 Å². The van der Waals surface area contributed by atoms with E-state index in [0.29, 0.717) is 0 Å². The summed E-state index contributed by atoms with van der Waals surface area (Å²) in [6, 6.07) is 25.8. The minimum Gasteiger partial charge on any atom is -0.252 e. The lowest BCUT2D eigenvalue weighted by molar-refractivity contribution is 1.21. The van der Waals surface area contributed by atoms with Gasteiger partial charge in [0.25, 0.3) is 0 Å². The van der Waals surface area contributed by atoms with Crippen molar-refractivity contribution in [3.05, 3.63) is 89.6 Å². The summed E-state index contributed by atoms with van der Waals surface area (Å²) in [5, 5.41) is 2.52. The highest BCUT2D eigenvalue weighted by Gasteiger charge is 2.11. The first-order chi connectivity index (χ1) is 12.1. The molecule has 1 nitrogen and oxygen atoms in total. The zero-order valence-electron chi connectivity index (χ0n) is 14.9. The number of fused-ring (bicyclic) bond motifs is 1. The van der Waals surface area contributed by atoms with Gasteiger partial charge in [-0.2, -0.15) is 0 Å². The fraction of sp³-hybridized carbons (Fsp3) is 0.125. The molecule has 0 aliphatic carbocycles. The van der Waals surface area contributed by atoms with Crippen molar-refractivity contribution in [2.75, 3.05) is 0 Å². The summed E-state index contributed by atoms with van der Waals surface area (Å²) < 4.78 is 0. The second-order valence-electron chi connectivity index (χ2n) is 6.67. The number of benzene rings is 3. The third kappa shape index (κ3) is 2.83. The van der Waals surface area contributed by atoms with Gasteiger partial charge in [0.05, 0.1) is 5.69 Å². The van der Waals surface area contributed by atoms with Crippen molar-refractivity contribution < 1.29 is 0 Å². The molecule has 1 heteroatoms. The molecule has 25 heavy (non-hydrogen) atoms. The molecule has 0 unspecified atom stereocenters. The maximum Gasteiger partial charge on any atom is 0.0740 e. The van der Waals surface area contributed by atoms with E-state index in [9.17, 15) is 0 Å². The Morgan fingerprint density at radius 3 is 2.00 bits per heavy atom. The van der Waals surface area contributed by atoms with Gasteiger partial charge in [0.15, 0.2) is 0 Å². The minimum absolute atomic E-state index is 1.07. The highest BCUT2D eigenvalue weighted by molar-refractivity contribution is 5.92. The third-order valence-corrected chi connectivity index (χ3v) is 4.84. The summed E-state index contributed by atoms with van der Waals surface area (Å²) >= 11 is 0. The molecule has 0 amide bonds. The van der Waals surface area contributed by atoms with Gasteiger partial charge in [0.2, 0.25) is 0 Å². The normalized spacial score (nSPS) is 11.0. The van der Waals surface area contributed by atoms with Gasteiger partial charge in [0.1, 0.15) is 0 Å². The van der Waals surface area contributed by atoms with Crippen LogP contribution in [-0.4, -0.2) is 4.98 Å². The summed E-state index contributed by atoms with van der Waals surface area (Å²) in [6.07, 6.45) is 0. The minimum atomic E-state index is 1.07. The molecule has 122 valence electrons. The lowest BCUT2D eigenvalue weighted by atomic mass is 9.96. The topological polar surface area (TPSA) is 12.9 Å². The fourth-order valence-corrected chi connectivity index (χ4v) is 3.52. The Morgan fingerprint density at radius 2 is 1.24 bits per heavy atom. The molecule has 3 aromatic carbocycles. The summed E-state index contributed by atoms with van der Waals surface area (Å²) in [6.45, 7) is 6.39. The van der Waals surface area contributed by atoms with Crippen molar-refractivity contribution in [1.82, 2.24) is 4.98 Å². The number of aryl methyl sites for hydroxylation is 3. The molecular weight excluding hydrogens is 302 g/mol. The van der Waals surface area contributed by atoms with Crippen LogP contribution < -0.4 is 0 Å². The van der Waals surface area contributed by atoms with Crippen LogP contribution in [0.5, 0.6) is 0 Å². The number of aromatic nitrogens is 1. The van der Waals surface area contributed by atoms with E-state index < -0.39 is 0 Å². The Bertz CT molecular complexity index is 1080. The van der Waals surface area contributed by atoms with Gasteiger partial charge in [-0.1, -0.05) is 72.3 Å². The summed E-state index contributed by atoms with van der Waals surface area (Å²) in [5.41, 5.74) is 8.32. The number of nitrogens with zero attached hydrogens (tertiary/aromatic N) is 1. The van der Waals surface area contributed by atoms with E-state index in [-0.39, 0.29) is 0 Å². The molecule has 0 bridgehead atoms. The molecule has 0 saturated heterocycles. The van der Waals surface area contributed by atoms with Gasteiger partial charge < -0.3 is 0 Å². The van der Waals surface area contributed by atoms with Gasteiger partial charge in [-0.05, 0) is 48.9 Å². The van der Waals surface area contributed by atoms with Crippen molar-refractivity contribution in [3.63, 3.8) is 0 Å². The van der Waals surface area contributed by atoms with Crippen LogP contribution in [0.25, 0.3) is 33.2 Å². The lowest BCUT2D eigenvalue weighted by Gasteiger charge is -2.13. The van der Waals surface area contributed by atoms with Gasteiger partial charge >= 0.3 is 0 Å². The molecule has 0 saturated carbocycles. The maximum absolute atomic E-state index is 4.92. The second kappa shape index (κ2) is 6.18. The number of hydrogen-bond acceptors (Lipinski definition) is 1. The number of pyridine rings is 1. The Balaban J connectivity index is 1.90. The molecule has 0 radical (unpaired) electrons. The molecule has 1 heterocycles. The number of rotatable bonds is 2. The largest absolute Gasteiger partial charge is 0.252 e. The highest BCUT2D eigenvalue weighted by Crippen LogP contribution is 2.32. The van der Waals surface area contributed by atoms with Crippen molar-refractivity contribution in [2.45, 2.75) is 20.8 Å². The standard InChI is InChI=1S/C24H21N/c1-16-8-6-9-19(14-16)20-10-7-11-21(15-20)24-17(2)22-12-4-5-13-23(22)18(3)25-24/h4-15H,1-3H3. The van der Waals surface area contributed by atoms with Crippen LogP contribution in [0, 0.1) is 20.8 Å². The van der Waals surface area contributed by atoms with Crippen molar-refractivity contribution in [1.29, 1.82) is 0 Å². The van der Waals surface area contributed by atoms with E-state index in [1.165, 1.54) is 38.6 Å². The van der Waals surface area contributed by atoms with Gasteiger partial charge in [0, 0.05) is 16.6 Å². The van der Waals surface area contributed by atoms with Crippen molar-refractivity contribution in [3.8, 4) is 22.4 Å². The molecule has 0 N–H and O–H groups in total. The Morgan fingerprint density at radius 1 is 0.600 bits per heavy atom. The third-order valence-electron chi connectivity index (χ3n) is 4.84. The van der Waals surface area contributed by atoms with Crippen LogP contribution in [0.15, 0.2) is 72.8 Å². The Labute approximate surface area is 149 Å². The van der Waals surface area contributed by atoms with E-state index in [2.05, 4.69) is 93.6 Å². The van der Waals surface area contributed by atoms with E-state index in [1.54, 1.807) is 0 Å².